The molecule has 54 valence electrons. The monoisotopic (exact) mass is 148 g/mol. The van der Waals surface area contributed by atoms with Gasteiger partial charge in [0.05, 0.1) is 5.56 Å². The third kappa shape index (κ3) is 1.52. The third-order valence-corrected chi connectivity index (χ3v) is 1.01. The first kappa shape index (κ1) is 7.22. The van der Waals surface area contributed by atoms with Crippen LogP contribution in [-0.2, 0) is 0 Å². The van der Waals surface area contributed by atoms with Gasteiger partial charge in [0.1, 0.15) is 0 Å². The molecule has 0 aliphatic rings. The quantitative estimate of drug-likeness (QED) is 0.576. The zero-order valence-electron chi connectivity index (χ0n) is 5.48. The number of hydrogen-bond donors (Lipinski definition) is 1. The molecule has 0 saturated heterocycles. The van der Waals surface area contributed by atoms with E-state index in [4.69, 9.17) is 11.5 Å². The number of carbonyl (C=O) groups is 1. The molecule has 0 aliphatic heterocycles. The summed E-state index contributed by atoms with van der Waals surface area (Å²) in [5.74, 6) is 0.870. The van der Waals surface area contributed by atoms with Crippen molar-refractivity contribution in [1.29, 1.82) is 0 Å². The first-order valence-electron chi connectivity index (χ1n) is 2.76. The molecule has 1 N–H and O–H groups in total. The second-order valence-electron chi connectivity index (χ2n) is 1.74. The van der Waals surface area contributed by atoms with E-state index in [1.54, 1.807) is 0 Å². The van der Waals surface area contributed by atoms with E-state index >= 15 is 0 Å². The zero-order valence-corrected chi connectivity index (χ0v) is 5.48. The van der Waals surface area contributed by atoms with Crippen LogP contribution in [0.3, 0.4) is 0 Å². The second-order valence-corrected chi connectivity index (χ2v) is 1.74. The highest BCUT2D eigenvalue weighted by atomic mass is 16.4. The molecule has 4 heteroatoms. The molecule has 11 heavy (non-hydrogen) atoms. The molecular formula is C7H4N2O2. The van der Waals surface area contributed by atoms with Crippen LogP contribution in [0.2, 0.25) is 0 Å². The summed E-state index contributed by atoms with van der Waals surface area (Å²) in [6.45, 7) is 0. The maximum Gasteiger partial charge on any atom is 0.373 e. The predicted molar refractivity (Wildman–Crippen MR) is 36.9 cm³/mol. The molecule has 1 heterocycles. The Morgan fingerprint density at radius 2 is 2.09 bits per heavy atom. The average Bonchev–Trinajstić information content (AvgIpc) is 2.05. The molecule has 0 aliphatic carbocycles. The number of hydrogen-bond acceptors (Lipinski definition) is 3. The molecule has 1 aromatic rings. The van der Waals surface area contributed by atoms with Gasteiger partial charge in [-0.25, -0.2) is 14.8 Å². The van der Waals surface area contributed by atoms with E-state index in [1.807, 2.05) is 0 Å². The van der Waals surface area contributed by atoms with Crippen molar-refractivity contribution in [3.05, 3.63) is 23.8 Å². The van der Waals surface area contributed by atoms with E-state index in [9.17, 15) is 4.79 Å². The summed E-state index contributed by atoms with van der Waals surface area (Å²) in [4.78, 5) is 17.2. The normalized spacial score (nSPS) is 8.64. The first-order valence-corrected chi connectivity index (χ1v) is 2.76. The van der Waals surface area contributed by atoms with Crippen LogP contribution in [0.15, 0.2) is 12.4 Å². The number of aromatic nitrogens is 2. The number of nitrogens with zero attached hydrogens (tertiary/aromatic N) is 2. The molecule has 0 saturated carbocycles. The summed E-state index contributed by atoms with van der Waals surface area (Å²) in [7, 11) is 0. The zero-order chi connectivity index (χ0) is 8.27. The van der Waals surface area contributed by atoms with Crippen LogP contribution in [0.4, 0.5) is 0 Å². The first-order chi connectivity index (χ1) is 5.24. The summed E-state index contributed by atoms with van der Waals surface area (Å²) < 4.78 is 0. The Bertz CT molecular complexity index is 310. The van der Waals surface area contributed by atoms with Crippen molar-refractivity contribution in [3.8, 4) is 12.3 Å². The Balaban J connectivity index is 3.03. The molecule has 4 nitrogen and oxygen atoms in total. The Morgan fingerprint density at radius 3 is 2.45 bits per heavy atom. The minimum atomic E-state index is -1.16. The average molecular weight is 148 g/mol. The van der Waals surface area contributed by atoms with E-state index in [0.717, 1.165) is 0 Å². The molecule has 0 amide bonds. The predicted octanol–water partition coefficient (Wildman–Crippen LogP) is 0.156. The Hall–Kier alpha value is -1.89. The molecule has 0 fully saturated rings. The van der Waals surface area contributed by atoms with Gasteiger partial charge in [-0.2, -0.15) is 0 Å². The van der Waals surface area contributed by atoms with Crippen LogP contribution in [0.25, 0.3) is 0 Å². The molecular weight excluding hydrogens is 144 g/mol. The van der Waals surface area contributed by atoms with Gasteiger partial charge in [-0.3, -0.25) is 0 Å². The minimum absolute atomic E-state index is 0.246. The van der Waals surface area contributed by atoms with Gasteiger partial charge in [-0.15, -0.1) is 6.42 Å². The van der Waals surface area contributed by atoms with E-state index in [2.05, 4.69) is 15.9 Å². The van der Waals surface area contributed by atoms with Gasteiger partial charge in [-0.1, -0.05) is 5.92 Å². The maximum absolute atomic E-state index is 10.2. The summed E-state index contributed by atoms with van der Waals surface area (Å²) >= 11 is 0. The molecule has 0 radical (unpaired) electrons. The second kappa shape index (κ2) is 2.80. The maximum atomic E-state index is 10.2. The van der Waals surface area contributed by atoms with Crippen molar-refractivity contribution in [2.75, 3.05) is 0 Å². The standard InChI is InChI=1S/C7H4N2O2/c1-2-5-3-8-6(7(10)11)9-4-5/h1,3-4H,(H,10,11). The lowest BCUT2D eigenvalue weighted by atomic mass is 10.4. The van der Waals surface area contributed by atoms with Gasteiger partial charge in [0, 0.05) is 12.4 Å². The number of terminal acetylenes is 1. The van der Waals surface area contributed by atoms with Crippen molar-refractivity contribution >= 4 is 5.97 Å². The van der Waals surface area contributed by atoms with Crippen molar-refractivity contribution in [3.63, 3.8) is 0 Å². The fourth-order valence-corrected chi connectivity index (χ4v) is 0.513. The molecule has 0 bridgehead atoms. The number of aromatic carboxylic acids is 1. The van der Waals surface area contributed by atoms with Gasteiger partial charge < -0.3 is 5.11 Å². The van der Waals surface area contributed by atoms with Gasteiger partial charge in [-0.05, 0) is 0 Å². The SMILES string of the molecule is C#Cc1cnc(C(=O)O)nc1. The molecule has 0 unspecified atom stereocenters. The molecule has 1 aromatic heterocycles. The fraction of sp³-hybridized carbons (Fsp3) is 0. The molecule has 0 spiro atoms. The van der Waals surface area contributed by atoms with Gasteiger partial charge in [0.25, 0.3) is 0 Å². The third-order valence-electron chi connectivity index (χ3n) is 1.01. The highest BCUT2D eigenvalue weighted by molar-refractivity contribution is 5.82. The van der Waals surface area contributed by atoms with E-state index < -0.39 is 5.97 Å². The fourth-order valence-electron chi connectivity index (χ4n) is 0.513. The topological polar surface area (TPSA) is 63.1 Å². The largest absolute Gasteiger partial charge is 0.475 e. The molecule has 0 aromatic carbocycles. The number of carboxylic acids is 1. The highest BCUT2D eigenvalue weighted by Crippen LogP contribution is 1.92. The summed E-state index contributed by atoms with van der Waals surface area (Å²) in [6.07, 6.45) is 7.57. The van der Waals surface area contributed by atoms with Crippen molar-refractivity contribution in [2.45, 2.75) is 0 Å². The Labute approximate surface area is 62.9 Å². The number of rotatable bonds is 1. The van der Waals surface area contributed by atoms with Crippen molar-refractivity contribution in [2.24, 2.45) is 0 Å². The lowest BCUT2D eigenvalue weighted by Crippen LogP contribution is -2.03. The van der Waals surface area contributed by atoms with Crippen LogP contribution in [-0.4, -0.2) is 21.0 Å². The van der Waals surface area contributed by atoms with Gasteiger partial charge in [0.15, 0.2) is 0 Å². The summed E-state index contributed by atoms with van der Waals surface area (Å²) in [5, 5.41) is 8.37. The highest BCUT2D eigenvalue weighted by Gasteiger charge is 2.03. The van der Waals surface area contributed by atoms with Gasteiger partial charge in [0.2, 0.25) is 5.82 Å². The summed E-state index contributed by atoms with van der Waals surface area (Å²) in [5.41, 5.74) is 0.468. The van der Waals surface area contributed by atoms with Gasteiger partial charge >= 0.3 is 5.97 Å². The van der Waals surface area contributed by atoms with E-state index in [-0.39, 0.29) is 5.82 Å². The van der Waals surface area contributed by atoms with E-state index in [1.165, 1.54) is 12.4 Å². The van der Waals surface area contributed by atoms with Crippen LogP contribution in [0.5, 0.6) is 0 Å². The lowest BCUT2D eigenvalue weighted by Gasteiger charge is -1.90. The van der Waals surface area contributed by atoms with Crippen molar-refractivity contribution in [1.82, 2.24) is 9.97 Å². The lowest BCUT2D eigenvalue weighted by molar-refractivity contribution is 0.0683. The van der Waals surface area contributed by atoms with E-state index in [0.29, 0.717) is 5.56 Å². The van der Waals surface area contributed by atoms with Crippen molar-refractivity contribution < 1.29 is 9.90 Å². The van der Waals surface area contributed by atoms with Crippen LogP contribution >= 0.6 is 0 Å². The van der Waals surface area contributed by atoms with Crippen LogP contribution in [0, 0.1) is 12.3 Å². The molecule has 1 rings (SSSR count). The van der Waals surface area contributed by atoms with Crippen LogP contribution < -0.4 is 0 Å². The molecule has 0 atom stereocenters. The number of carboxylic acid groups (broad SMARTS) is 1. The smallest absolute Gasteiger partial charge is 0.373 e. The Morgan fingerprint density at radius 1 is 1.55 bits per heavy atom. The minimum Gasteiger partial charge on any atom is -0.475 e. The Kier molecular flexibility index (Phi) is 1.83. The van der Waals surface area contributed by atoms with Crippen LogP contribution in [0.1, 0.15) is 16.2 Å². The summed E-state index contributed by atoms with van der Waals surface area (Å²) in [6, 6.07) is 0.